The van der Waals surface area contributed by atoms with E-state index < -0.39 is 5.97 Å². The average Bonchev–Trinajstić information content (AvgIpc) is 3.17. The molecule has 3 aromatic rings. The lowest BCUT2D eigenvalue weighted by Crippen LogP contribution is -2.28. The number of carboxylic acid groups (broad SMARTS) is 1. The number of amides is 1. The molecular weight excluding hydrogens is 592 g/mol. The summed E-state index contributed by atoms with van der Waals surface area (Å²) in [5.41, 5.74) is 2.42. The fraction of sp³-hybridized carbons (Fsp3) is 0.179. The van der Waals surface area contributed by atoms with Gasteiger partial charge in [0.1, 0.15) is 6.61 Å². The van der Waals surface area contributed by atoms with Crippen molar-refractivity contribution in [1.82, 2.24) is 4.90 Å². The zero-order valence-corrected chi connectivity index (χ0v) is 23.8. The predicted octanol–water partition coefficient (Wildman–Crippen LogP) is 7.40. The fourth-order valence-corrected chi connectivity index (χ4v) is 5.52. The van der Waals surface area contributed by atoms with Crippen LogP contribution in [0.25, 0.3) is 6.08 Å². The number of hydrogen-bond acceptors (Lipinski definition) is 6. The highest BCUT2D eigenvalue weighted by Crippen LogP contribution is 2.40. The molecule has 0 spiro atoms. The van der Waals surface area contributed by atoms with Crippen LogP contribution in [0.1, 0.15) is 35.3 Å². The van der Waals surface area contributed by atoms with E-state index in [0.29, 0.717) is 56.5 Å². The van der Waals surface area contributed by atoms with Gasteiger partial charge in [0.2, 0.25) is 0 Å². The smallest absolute Gasteiger partial charge is 0.335 e. The third kappa shape index (κ3) is 6.59. The molecule has 1 heterocycles. The van der Waals surface area contributed by atoms with Crippen LogP contribution in [0.2, 0.25) is 5.02 Å². The van der Waals surface area contributed by atoms with Crippen LogP contribution in [0.3, 0.4) is 0 Å². The Bertz CT molecular complexity index is 1430. The molecule has 38 heavy (non-hydrogen) atoms. The molecule has 0 aliphatic carbocycles. The monoisotopic (exact) mass is 614 g/mol. The summed E-state index contributed by atoms with van der Waals surface area (Å²) in [6.07, 6.45) is 1.79. The van der Waals surface area contributed by atoms with Crippen molar-refractivity contribution in [2.75, 3.05) is 13.2 Å². The van der Waals surface area contributed by atoms with Crippen molar-refractivity contribution in [3.05, 3.63) is 91.8 Å². The van der Waals surface area contributed by atoms with Crippen molar-refractivity contribution in [1.29, 1.82) is 0 Å². The van der Waals surface area contributed by atoms with Gasteiger partial charge in [-0.1, -0.05) is 23.7 Å². The number of hydrogen-bond donors (Lipinski definition) is 1. The molecule has 0 aromatic heterocycles. The largest absolute Gasteiger partial charge is 0.490 e. The van der Waals surface area contributed by atoms with Gasteiger partial charge in [0.25, 0.3) is 5.91 Å². The summed E-state index contributed by atoms with van der Waals surface area (Å²) >= 11 is 10.9. The highest BCUT2D eigenvalue weighted by atomic mass is 79.9. The summed E-state index contributed by atoms with van der Waals surface area (Å²) in [6, 6.07) is 17.4. The zero-order chi connectivity index (χ0) is 27.2. The Balaban J connectivity index is 1.60. The maximum absolute atomic E-state index is 13.1. The van der Waals surface area contributed by atoms with Gasteiger partial charge in [0, 0.05) is 11.6 Å². The number of thioether (sulfide) groups is 1. The van der Waals surface area contributed by atoms with Crippen LogP contribution >= 0.6 is 39.3 Å². The van der Waals surface area contributed by atoms with E-state index in [1.807, 2.05) is 50.2 Å². The van der Waals surface area contributed by atoms with Crippen molar-refractivity contribution >= 4 is 68.1 Å². The van der Waals surface area contributed by atoms with Gasteiger partial charge in [-0.2, -0.15) is 0 Å². The number of carbonyl (C=O) groups excluding carboxylic acids is 1. The Morgan fingerprint density at radius 3 is 2.55 bits per heavy atom. The number of halogens is 2. The maximum Gasteiger partial charge on any atom is 0.335 e. The van der Waals surface area contributed by atoms with Gasteiger partial charge in [-0.15, -0.1) is 0 Å². The zero-order valence-electron chi connectivity index (χ0n) is 20.6. The van der Waals surface area contributed by atoms with E-state index in [1.165, 1.54) is 23.9 Å². The first kappa shape index (κ1) is 27.8. The molecule has 1 amide bonds. The number of carboxylic acids is 1. The predicted molar refractivity (Wildman–Crippen MR) is 155 cm³/mol. The Morgan fingerprint density at radius 2 is 1.89 bits per heavy atom. The molecule has 1 fully saturated rings. The molecule has 196 valence electrons. The lowest BCUT2D eigenvalue weighted by atomic mass is 10.1. The molecular formula is C28H24BrClN2O5S. The van der Waals surface area contributed by atoms with Crippen LogP contribution < -0.4 is 9.47 Å². The molecule has 0 unspecified atom stereocenters. The molecule has 7 nitrogen and oxygen atoms in total. The summed E-state index contributed by atoms with van der Waals surface area (Å²) in [5, 5.41) is 10.3. The summed E-state index contributed by atoms with van der Waals surface area (Å²) in [5.74, 6) is -0.0603. The normalized spacial score (nSPS) is 15.4. The quantitative estimate of drug-likeness (QED) is 0.252. The topological polar surface area (TPSA) is 88.4 Å². The van der Waals surface area contributed by atoms with Crippen molar-refractivity contribution < 1.29 is 24.2 Å². The highest BCUT2D eigenvalue weighted by Gasteiger charge is 2.32. The van der Waals surface area contributed by atoms with Crippen LogP contribution in [0.4, 0.5) is 5.69 Å². The summed E-state index contributed by atoms with van der Waals surface area (Å²) < 4.78 is 12.6. The standard InChI is InChI=1S/C28H24BrClN2O5S/c1-3-32-26(33)24(38-28(32)31-21-10-8-19(9-11-21)27(34)35)15-18-13-22(29)25(23(14-18)36-4-2)37-16-17-6-5-7-20(30)12-17/h5-15H,3-4,16H2,1-2H3,(H,34,35). The second-order valence-electron chi connectivity index (χ2n) is 8.09. The number of likely N-dealkylation sites (N-methyl/N-ethyl adjacent to an activating group) is 1. The van der Waals surface area contributed by atoms with Crippen molar-refractivity contribution in [2.24, 2.45) is 4.99 Å². The Labute approximate surface area is 238 Å². The third-order valence-electron chi connectivity index (χ3n) is 5.44. The molecule has 1 saturated heterocycles. The summed E-state index contributed by atoms with van der Waals surface area (Å²) in [6.45, 7) is 4.96. The van der Waals surface area contributed by atoms with Gasteiger partial charge in [-0.05, 0) is 107 Å². The molecule has 10 heteroatoms. The van der Waals surface area contributed by atoms with Crippen molar-refractivity contribution in [3.8, 4) is 11.5 Å². The number of rotatable bonds is 9. The molecule has 0 saturated carbocycles. The number of ether oxygens (including phenoxy) is 2. The van der Waals surface area contributed by atoms with Gasteiger partial charge in [0.15, 0.2) is 16.7 Å². The second-order valence-corrected chi connectivity index (χ2v) is 10.4. The first-order valence-corrected chi connectivity index (χ1v) is 13.7. The first-order chi connectivity index (χ1) is 18.3. The Morgan fingerprint density at radius 1 is 1.13 bits per heavy atom. The third-order valence-corrected chi connectivity index (χ3v) is 7.28. The molecule has 1 aliphatic heterocycles. The van der Waals surface area contributed by atoms with E-state index in [1.54, 1.807) is 23.1 Å². The molecule has 0 radical (unpaired) electrons. The van der Waals surface area contributed by atoms with E-state index in [9.17, 15) is 9.59 Å². The summed E-state index contributed by atoms with van der Waals surface area (Å²) in [7, 11) is 0. The van der Waals surface area contributed by atoms with Crippen LogP contribution in [-0.4, -0.2) is 40.2 Å². The molecule has 0 bridgehead atoms. The van der Waals surface area contributed by atoms with E-state index in [2.05, 4.69) is 20.9 Å². The van der Waals surface area contributed by atoms with Gasteiger partial charge >= 0.3 is 5.97 Å². The maximum atomic E-state index is 13.1. The molecule has 4 rings (SSSR count). The van der Waals surface area contributed by atoms with Crippen LogP contribution in [0.5, 0.6) is 11.5 Å². The van der Waals surface area contributed by atoms with Crippen molar-refractivity contribution in [3.63, 3.8) is 0 Å². The first-order valence-electron chi connectivity index (χ1n) is 11.8. The average molecular weight is 616 g/mol. The van der Waals surface area contributed by atoms with Gasteiger partial charge in [0.05, 0.1) is 27.2 Å². The van der Waals surface area contributed by atoms with Crippen LogP contribution in [0, 0.1) is 0 Å². The van der Waals surface area contributed by atoms with Crippen LogP contribution in [0.15, 0.2) is 75.0 Å². The van der Waals surface area contributed by atoms with E-state index in [-0.39, 0.29) is 11.5 Å². The van der Waals surface area contributed by atoms with Gasteiger partial charge < -0.3 is 14.6 Å². The number of nitrogens with zero attached hydrogens (tertiary/aromatic N) is 2. The molecule has 0 atom stereocenters. The van der Waals surface area contributed by atoms with E-state index in [4.69, 9.17) is 26.2 Å². The Hall–Kier alpha value is -3.27. The van der Waals surface area contributed by atoms with Crippen LogP contribution in [-0.2, 0) is 11.4 Å². The number of carbonyl (C=O) groups is 2. The molecule has 3 aromatic carbocycles. The number of benzene rings is 3. The van der Waals surface area contributed by atoms with Gasteiger partial charge in [-0.3, -0.25) is 9.69 Å². The lowest BCUT2D eigenvalue weighted by molar-refractivity contribution is -0.122. The highest BCUT2D eigenvalue weighted by molar-refractivity contribution is 9.10. The minimum absolute atomic E-state index is 0.159. The minimum atomic E-state index is -1.01. The summed E-state index contributed by atoms with van der Waals surface area (Å²) in [4.78, 5) is 30.9. The second kappa shape index (κ2) is 12.5. The number of aromatic carboxylic acids is 1. The molecule has 1 aliphatic rings. The molecule has 1 N–H and O–H groups in total. The van der Waals surface area contributed by atoms with Crippen molar-refractivity contribution in [2.45, 2.75) is 20.5 Å². The lowest BCUT2D eigenvalue weighted by Gasteiger charge is -2.15. The minimum Gasteiger partial charge on any atom is -0.490 e. The number of amidine groups is 1. The van der Waals surface area contributed by atoms with E-state index in [0.717, 1.165) is 11.1 Å². The van der Waals surface area contributed by atoms with E-state index >= 15 is 0 Å². The number of aliphatic imine (C=N–C) groups is 1. The fourth-order valence-electron chi connectivity index (χ4n) is 3.67. The Kier molecular flexibility index (Phi) is 9.14. The van der Waals surface area contributed by atoms with Gasteiger partial charge in [-0.25, -0.2) is 9.79 Å². The SMILES string of the molecule is CCOc1cc(C=C2SC(=Nc3ccc(C(=O)O)cc3)N(CC)C2=O)cc(Br)c1OCc1cccc(Cl)c1.